The van der Waals surface area contributed by atoms with Gasteiger partial charge in [0.25, 0.3) is 0 Å². The summed E-state index contributed by atoms with van der Waals surface area (Å²) in [6, 6.07) is 6.01. The number of nitrogens with one attached hydrogen (secondary N) is 1. The van der Waals surface area contributed by atoms with Crippen molar-refractivity contribution in [3.05, 3.63) is 51.4 Å². The molecule has 1 heterocycles. The van der Waals surface area contributed by atoms with E-state index in [0.717, 1.165) is 5.56 Å². The molecule has 0 spiro atoms. The summed E-state index contributed by atoms with van der Waals surface area (Å²) in [7, 11) is 0. The maximum Gasteiger partial charge on any atom is 0.228 e. The first kappa shape index (κ1) is 12.1. The molecular formula is C12H9ClFNOS. The number of carbonyl (C=O) groups is 1. The van der Waals surface area contributed by atoms with Gasteiger partial charge < -0.3 is 5.32 Å². The minimum Gasteiger partial charge on any atom is -0.323 e. The Morgan fingerprint density at radius 1 is 1.41 bits per heavy atom. The van der Waals surface area contributed by atoms with Crippen molar-refractivity contribution < 1.29 is 9.18 Å². The summed E-state index contributed by atoms with van der Waals surface area (Å²) in [4.78, 5) is 11.6. The Balaban J connectivity index is 2.03. The van der Waals surface area contributed by atoms with Crippen LogP contribution in [0.4, 0.5) is 10.1 Å². The lowest BCUT2D eigenvalue weighted by Crippen LogP contribution is -2.14. The number of benzene rings is 1. The van der Waals surface area contributed by atoms with Crippen LogP contribution in [0.1, 0.15) is 5.56 Å². The molecule has 0 atom stereocenters. The quantitative estimate of drug-likeness (QED) is 0.904. The van der Waals surface area contributed by atoms with Gasteiger partial charge in [0.2, 0.25) is 5.91 Å². The third-order valence-corrected chi connectivity index (χ3v) is 3.12. The van der Waals surface area contributed by atoms with Crippen LogP contribution in [-0.2, 0) is 11.2 Å². The number of halogens is 2. The third kappa shape index (κ3) is 3.28. The molecule has 1 N–H and O–H groups in total. The molecule has 0 aliphatic rings. The van der Waals surface area contributed by atoms with Gasteiger partial charge in [-0.05, 0) is 40.6 Å². The SMILES string of the molecule is O=C(Cc1ccsc1)Nc1ccc(Cl)cc1F. The van der Waals surface area contributed by atoms with Crippen LogP contribution in [0.15, 0.2) is 35.0 Å². The summed E-state index contributed by atoms with van der Waals surface area (Å²) in [5.41, 5.74) is 1.07. The predicted octanol–water partition coefficient (Wildman–Crippen LogP) is 3.72. The number of thiophene rings is 1. The smallest absolute Gasteiger partial charge is 0.228 e. The summed E-state index contributed by atoms with van der Waals surface area (Å²) < 4.78 is 13.4. The largest absolute Gasteiger partial charge is 0.323 e. The number of hydrogen-bond acceptors (Lipinski definition) is 2. The van der Waals surface area contributed by atoms with Crippen LogP contribution >= 0.6 is 22.9 Å². The summed E-state index contributed by atoms with van der Waals surface area (Å²) >= 11 is 7.14. The number of rotatable bonds is 3. The molecule has 5 heteroatoms. The monoisotopic (exact) mass is 269 g/mol. The van der Waals surface area contributed by atoms with Crippen molar-refractivity contribution in [3.63, 3.8) is 0 Å². The first-order chi connectivity index (χ1) is 8.15. The van der Waals surface area contributed by atoms with Crippen molar-refractivity contribution in [2.24, 2.45) is 0 Å². The lowest BCUT2D eigenvalue weighted by molar-refractivity contribution is -0.115. The molecule has 0 radical (unpaired) electrons. The van der Waals surface area contributed by atoms with Gasteiger partial charge in [0, 0.05) is 5.02 Å². The molecule has 2 aromatic rings. The van der Waals surface area contributed by atoms with E-state index in [-0.39, 0.29) is 18.0 Å². The van der Waals surface area contributed by atoms with Gasteiger partial charge in [-0.15, -0.1) is 0 Å². The van der Waals surface area contributed by atoms with Gasteiger partial charge in [0.05, 0.1) is 12.1 Å². The molecule has 2 nitrogen and oxygen atoms in total. The van der Waals surface area contributed by atoms with Gasteiger partial charge in [-0.2, -0.15) is 11.3 Å². The van der Waals surface area contributed by atoms with Crippen molar-refractivity contribution in [1.82, 2.24) is 0 Å². The molecule has 0 saturated carbocycles. The van der Waals surface area contributed by atoms with E-state index in [1.165, 1.54) is 29.5 Å². The second-order valence-corrected chi connectivity index (χ2v) is 4.70. The minimum absolute atomic E-state index is 0.148. The molecule has 1 aromatic carbocycles. The van der Waals surface area contributed by atoms with Crippen molar-refractivity contribution in [1.29, 1.82) is 0 Å². The Labute approximate surface area is 107 Å². The van der Waals surface area contributed by atoms with Crippen molar-refractivity contribution in [2.45, 2.75) is 6.42 Å². The molecular weight excluding hydrogens is 261 g/mol. The zero-order chi connectivity index (χ0) is 12.3. The maximum absolute atomic E-state index is 13.4. The molecule has 88 valence electrons. The highest BCUT2D eigenvalue weighted by Crippen LogP contribution is 2.19. The van der Waals surface area contributed by atoms with E-state index >= 15 is 0 Å². The van der Waals surface area contributed by atoms with E-state index in [0.29, 0.717) is 5.02 Å². The first-order valence-electron chi connectivity index (χ1n) is 4.91. The highest BCUT2D eigenvalue weighted by Gasteiger charge is 2.08. The summed E-state index contributed by atoms with van der Waals surface area (Å²) in [5, 5.41) is 6.59. The fourth-order valence-corrected chi connectivity index (χ4v) is 2.19. The van der Waals surface area contributed by atoms with Gasteiger partial charge in [0.15, 0.2) is 0 Å². The molecule has 1 aromatic heterocycles. The van der Waals surface area contributed by atoms with Gasteiger partial charge in [-0.3, -0.25) is 4.79 Å². The Bertz CT molecular complexity index is 527. The highest BCUT2D eigenvalue weighted by atomic mass is 35.5. The third-order valence-electron chi connectivity index (χ3n) is 2.15. The van der Waals surface area contributed by atoms with Gasteiger partial charge in [-0.1, -0.05) is 11.6 Å². The fraction of sp³-hybridized carbons (Fsp3) is 0.0833. The molecule has 0 bridgehead atoms. The van der Waals surface area contributed by atoms with Gasteiger partial charge in [0.1, 0.15) is 5.82 Å². The number of amides is 1. The van der Waals surface area contributed by atoms with Crippen LogP contribution in [-0.4, -0.2) is 5.91 Å². The van der Waals surface area contributed by atoms with E-state index < -0.39 is 5.82 Å². The summed E-state index contributed by atoms with van der Waals surface area (Å²) in [6.07, 6.45) is 0.242. The zero-order valence-corrected chi connectivity index (χ0v) is 10.3. The second-order valence-electron chi connectivity index (χ2n) is 3.48. The van der Waals surface area contributed by atoms with E-state index in [9.17, 15) is 9.18 Å². The number of hydrogen-bond donors (Lipinski definition) is 1. The number of carbonyl (C=O) groups excluding carboxylic acids is 1. The predicted molar refractivity (Wildman–Crippen MR) is 68.1 cm³/mol. The van der Waals surface area contributed by atoms with Crippen LogP contribution in [0.5, 0.6) is 0 Å². The van der Waals surface area contributed by atoms with E-state index in [4.69, 9.17) is 11.6 Å². The maximum atomic E-state index is 13.4. The molecule has 0 saturated heterocycles. The standard InChI is InChI=1S/C12H9ClFNOS/c13-9-1-2-11(10(14)6-9)15-12(16)5-8-3-4-17-7-8/h1-4,6-7H,5H2,(H,15,16). The Morgan fingerprint density at radius 2 is 2.24 bits per heavy atom. The second kappa shape index (κ2) is 5.29. The molecule has 2 rings (SSSR count). The van der Waals surface area contributed by atoms with Crippen molar-refractivity contribution in [2.75, 3.05) is 5.32 Å². The molecule has 1 amide bonds. The van der Waals surface area contributed by atoms with Crippen LogP contribution in [0.3, 0.4) is 0 Å². The lowest BCUT2D eigenvalue weighted by Gasteiger charge is -2.05. The Kier molecular flexibility index (Phi) is 3.76. The summed E-state index contributed by atoms with van der Waals surface area (Å²) in [5.74, 6) is -0.777. The van der Waals surface area contributed by atoms with Crippen LogP contribution in [0, 0.1) is 5.82 Å². The fourth-order valence-electron chi connectivity index (χ4n) is 1.36. The van der Waals surface area contributed by atoms with Gasteiger partial charge in [-0.25, -0.2) is 4.39 Å². The molecule has 0 aliphatic carbocycles. The number of anilines is 1. The average molecular weight is 270 g/mol. The molecule has 0 aliphatic heterocycles. The topological polar surface area (TPSA) is 29.1 Å². The van der Waals surface area contributed by atoms with Gasteiger partial charge >= 0.3 is 0 Å². The lowest BCUT2D eigenvalue weighted by atomic mass is 10.2. The Morgan fingerprint density at radius 3 is 2.88 bits per heavy atom. The minimum atomic E-state index is -0.531. The Hall–Kier alpha value is -1.39. The van der Waals surface area contributed by atoms with E-state index in [1.54, 1.807) is 0 Å². The zero-order valence-electron chi connectivity index (χ0n) is 8.74. The van der Waals surface area contributed by atoms with Crippen LogP contribution in [0.25, 0.3) is 0 Å². The normalized spacial score (nSPS) is 10.2. The average Bonchev–Trinajstić information content (AvgIpc) is 2.75. The first-order valence-corrected chi connectivity index (χ1v) is 6.23. The molecule has 0 unspecified atom stereocenters. The van der Waals surface area contributed by atoms with Crippen LogP contribution < -0.4 is 5.32 Å². The molecule has 17 heavy (non-hydrogen) atoms. The van der Waals surface area contributed by atoms with E-state index in [2.05, 4.69) is 5.32 Å². The van der Waals surface area contributed by atoms with Crippen molar-refractivity contribution in [3.8, 4) is 0 Å². The van der Waals surface area contributed by atoms with Crippen LogP contribution in [0.2, 0.25) is 5.02 Å². The summed E-state index contributed by atoms with van der Waals surface area (Å²) in [6.45, 7) is 0. The molecule has 0 fully saturated rings. The van der Waals surface area contributed by atoms with E-state index in [1.807, 2.05) is 16.8 Å². The highest BCUT2D eigenvalue weighted by molar-refractivity contribution is 7.08. The van der Waals surface area contributed by atoms with Crippen molar-refractivity contribution >= 4 is 34.5 Å².